The van der Waals surface area contributed by atoms with E-state index in [0.29, 0.717) is 30.9 Å². The SMILES string of the molecule is COc1ccc2c(c1)nc(NCCCCCC(=O)[C@@H](NC(=O)CC(C)C)C(C)C)c1nnc(C)n12.S. The average molecular weight is 517 g/mol. The number of Topliss-reactive ketones (excluding diaryl/α,β-unsaturated/α-hetero) is 1. The third kappa shape index (κ3) is 7.32. The van der Waals surface area contributed by atoms with Gasteiger partial charge in [0.1, 0.15) is 11.6 Å². The van der Waals surface area contributed by atoms with Crippen LogP contribution in [-0.2, 0) is 9.59 Å². The molecule has 0 fully saturated rings. The van der Waals surface area contributed by atoms with Gasteiger partial charge < -0.3 is 15.4 Å². The van der Waals surface area contributed by atoms with Crippen molar-refractivity contribution in [1.29, 1.82) is 0 Å². The third-order valence-electron chi connectivity index (χ3n) is 6.01. The summed E-state index contributed by atoms with van der Waals surface area (Å²) in [6.45, 7) is 10.6. The highest BCUT2D eigenvalue weighted by molar-refractivity contribution is 7.59. The zero-order valence-electron chi connectivity index (χ0n) is 22.2. The Bertz CT molecular complexity index is 1180. The number of aromatic nitrogens is 4. The van der Waals surface area contributed by atoms with Crippen LogP contribution in [0, 0.1) is 18.8 Å². The molecule has 0 aliphatic carbocycles. The van der Waals surface area contributed by atoms with Crippen LogP contribution in [0.15, 0.2) is 18.2 Å². The number of hydrogen-bond acceptors (Lipinski definition) is 7. The highest BCUT2D eigenvalue weighted by Crippen LogP contribution is 2.25. The number of unbranched alkanes of at least 4 members (excludes halogenated alkanes) is 2. The third-order valence-corrected chi connectivity index (χ3v) is 6.01. The minimum Gasteiger partial charge on any atom is -0.497 e. The van der Waals surface area contributed by atoms with E-state index in [1.165, 1.54) is 0 Å². The van der Waals surface area contributed by atoms with Gasteiger partial charge in [0.15, 0.2) is 11.6 Å². The van der Waals surface area contributed by atoms with Crippen LogP contribution in [0.1, 0.15) is 65.6 Å². The van der Waals surface area contributed by atoms with E-state index < -0.39 is 6.04 Å². The molecule has 198 valence electrons. The second-order valence-corrected chi connectivity index (χ2v) is 9.81. The fraction of sp³-hybridized carbons (Fsp3) is 0.577. The fourth-order valence-electron chi connectivity index (χ4n) is 4.19. The Morgan fingerprint density at radius 1 is 1.08 bits per heavy atom. The predicted octanol–water partition coefficient (Wildman–Crippen LogP) is 4.44. The van der Waals surface area contributed by atoms with E-state index in [2.05, 4.69) is 20.8 Å². The molecule has 0 bridgehead atoms. The summed E-state index contributed by atoms with van der Waals surface area (Å²) >= 11 is 0. The summed E-state index contributed by atoms with van der Waals surface area (Å²) in [5, 5.41) is 14.8. The topological polar surface area (TPSA) is 111 Å². The zero-order valence-corrected chi connectivity index (χ0v) is 23.2. The minimum absolute atomic E-state index is 0. The number of carbonyl (C=O) groups excluding carboxylic acids is 2. The smallest absolute Gasteiger partial charge is 0.220 e. The summed E-state index contributed by atoms with van der Waals surface area (Å²) in [7, 11) is 1.64. The van der Waals surface area contributed by atoms with E-state index >= 15 is 0 Å². The number of hydrogen-bond donors (Lipinski definition) is 2. The van der Waals surface area contributed by atoms with Crippen molar-refractivity contribution >= 4 is 47.7 Å². The molecule has 9 nitrogen and oxygen atoms in total. The molecule has 1 atom stereocenters. The summed E-state index contributed by atoms with van der Waals surface area (Å²) in [6, 6.07) is 5.34. The lowest BCUT2D eigenvalue weighted by Gasteiger charge is -2.21. The second-order valence-electron chi connectivity index (χ2n) is 9.81. The Morgan fingerprint density at radius 2 is 1.83 bits per heavy atom. The molecule has 2 heterocycles. The first-order chi connectivity index (χ1) is 16.7. The molecule has 10 heteroatoms. The van der Waals surface area contributed by atoms with Crippen molar-refractivity contribution in [2.24, 2.45) is 11.8 Å². The van der Waals surface area contributed by atoms with Crippen molar-refractivity contribution in [3.8, 4) is 5.75 Å². The molecule has 2 aromatic heterocycles. The molecule has 0 saturated carbocycles. The van der Waals surface area contributed by atoms with Gasteiger partial charge in [-0.05, 0) is 43.7 Å². The summed E-state index contributed by atoms with van der Waals surface area (Å²) < 4.78 is 7.34. The van der Waals surface area contributed by atoms with Gasteiger partial charge in [0.2, 0.25) is 11.6 Å². The standard InChI is InChI=1S/C26H38N6O3.H2S/c1-16(2)14-23(34)29-24(17(3)4)22(33)10-8-7-9-13-27-25-26-31-30-18(5)32(26)21-12-11-19(35-6)15-20(21)28-25;/h11-12,15-17,24H,7-10,13-14H2,1-6H3,(H,27,28)(H,29,34);1H2/t24-;/m0./s1. The predicted molar refractivity (Wildman–Crippen MR) is 148 cm³/mol. The van der Waals surface area contributed by atoms with Crippen LogP contribution in [0.3, 0.4) is 0 Å². The Morgan fingerprint density at radius 3 is 2.50 bits per heavy atom. The number of ketones is 1. The van der Waals surface area contributed by atoms with Crippen molar-refractivity contribution in [3.63, 3.8) is 0 Å². The molecule has 0 spiro atoms. The van der Waals surface area contributed by atoms with Crippen LogP contribution < -0.4 is 15.4 Å². The molecule has 0 aliphatic heterocycles. The van der Waals surface area contributed by atoms with Gasteiger partial charge in [0, 0.05) is 25.5 Å². The van der Waals surface area contributed by atoms with Gasteiger partial charge in [0.25, 0.3) is 0 Å². The van der Waals surface area contributed by atoms with Crippen LogP contribution in [0.4, 0.5) is 5.82 Å². The van der Waals surface area contributed by atoms with E-state index in [0.717, 1.165) is 41.9 Å². The van der Waals surface area contributed by atoms with Gasteiger partial charge in [-0.3, -0.25) is 14.0 Å². The summed E-state index contributed by atoms with van der Waals surface area (Å²) in [4.78, 5) is 29.6. The van der Waals surface area contributed by atoms with E-state index in [4.69, 9.17) is 9.72 Å². The van der Waals surface area contributed by atoms with Crippen LogP contribution in [0.5, 0.6) is 5.75 Å². The molecule has 0 aliphatic rings. The van der Waals surface area contributed by atoms with Crippen LogP contribution in [0.2, 0.25) is 0 Å². The zero-order chi connectivity index (χ0) is 25.5. The van der Waals surface area contributed by atoms with Gasteiger partial charge >= 0.3 is 0 Å². The van der Waals surface area contributed by atoms with Crippen molar-refractivity contribution in [2.75, 3.05) is 19.0 Å². The largest absolute Gasteiger partial charge is 0.497 e. The maximum Gasteiger partial charge on any atom is 0.220 e. The van der Waals surface area contributed by atoms with Gasteiger partial charge in [-0.1, -0.05) is 34.1 Å². The monoisotopic (exact) mass is 516 g/mol. The summed E-state index contributed by atoms with van der Waals surface area (Å²) in [6.07, 6.45) is 3.47. The fourth-order valence-corrected chi connectivity index (χ4v) is 4.19. The van der Waals surface area contributed by atoms with Crippen molar-refractivity contribution in [2.45, 2.75) is 72.8 Å². The number of methoxy groups -OCH3 is 1. The molecule has 0 saturated heterocycles. The van der Waals surface area contributed by atoms with E-state index in [1.54, 1.807) is 7.11 Å². The molecule has 0 radical (unpaired) electrons. The molecule has 2 N–H and O–H groups in total. The van der Waals surface area contributed by atoms with E-state index in [9.17, 15) is 9.59 Å². The van der Waals surface area contributed by atoms with Crippen molar-refractivity contribution < 1.29 is 14.3 Å². The van der Waals surface area contributed by atoms with Crippen LogP contribution >= 0.6 is 13.5 Å². The Balaban J connectivity index is 0.00000456. The molecule has 3 rings (SSSR count). The van der Waals surface area contributed by atoms with Crippen LogP contribution in [-0.4, -0.2) is 51.0 Å². The molecular weight excluding hydrogens is 476 g/mol. The first kappa shape index (κ1) is 29.4. The summed E-state index contributed by atoms with van der Waals surface area (Å²) in [5.74, 6) is 2.61. The molecule has 1 aromatic carbocycles. The lowest BCUT2D eigenvalue weighted by atomic mass is 9.95. The highest BCUT2D eigenvalue weighted by Gasteiger charge is 2.23. The number of ether oxygens (including phenoxy) is 1. The van der Waals surface area contributed by atoms with Gasteiger partial charge in [-0.25, -0.2) is 4.98 Å². The molecule has 3 aromatic rings. The second kappa shape index (κ2) is 13.4. The first-order valence-electron chi connectivity index (χ1n) is 12.5. The Labute approximate surface area is 220 Å². The normalized spacial score (nSPS) is 12.1. The highest BCUT2D eigenvalue weighted by atomic mass is 32.1. The van der Waals surface area contributed by atoms with Gasteiger partial charge in [0.05, 0.1) is 24.2 Å². The average Bonchev–Trinajstić information content (AvgIpc) is 3.20. The molecule has 0 unspecified atom stereocenters. The minimum atomic E-state index is -0.414. The number of aryl methyl sites for hydroxylation is 1. The van der Waals surface area contributed by atoms with E-state index in [-0.39, 0.29) is 37.0 Å². The maximum atomic E-state index is 12.7. The quantitative estimate of drug-likeness (QED) is 0.323. The Hall–Kier alpha value is -2.88. The number of carbonyl (C=O) groups is 2. The number of fused-ring (bicyclic) bond motifs is 3. The number of rotatable bonds is 13. The first-order valence-corrected chi connectivity index (χ1v) is 12.5. The molecular formula is C26H40N6O3S. The lowest BCUT2D eigenvalue weighted by molar-refractivity contribution is -0.129. The molecule has 1 amide bonds. The van der Waals surface area contributed by atoms with Crippen molar-refractivity contribution in [1.82, 2.24) is 24.9 Å². The Kier molecular flexibility index (Phi) is 11.0. The number of nitrogens with one attached hydrogen (secondary N) is 2. The lowest BCUT2D eigenvalue weighted by Crippen LogP contribution is -2.44. The van der Waals surface area contributed by atoms with Gasteiger partial charge in [-0.15, -0.1) is 10.2 Å². The number of amides is 1. The summed E-state index contributed by atoms with van der Waals surface area (Å²) in [5.41, 5.74) is 2.41. The number of benzene rings is 1. The van der Waals surface area contributed by atoms with Crippen molar-refractivity contribution in [3.05, 3.63) is 24.0 Å². The molecule has 36 heavy (non-hydrogen) atoms. The number of nitrogens with zero attached hydrogens (tertiary/aromatic N) is 4. The van der Waals surface area contributed by atoms with E-state index in [1.807, 2.05) is 57.2 Å². The van der Waals surface area contributed by atoms with Gasteiger partial charge in [-0.2, -0.15) is 13.5 Å². The number of anilines is 1. The maximum absolute atomic E-state index is 12.7. The van der Waals surface area contributed by atoms with Crippen LogP contribution in [0.25, 0.3) is 16.7 Å².